The standard InChI is InChI=1S/C24H22.H4N2.H2O/c1-24(2,3)23-14-7-6-12-21(23)20-13-8-11-19-15-17-9-4-5-10-18(17)16-22(19)20;1-2;/h4-16H,1-3H3;1-2H2;1H2. The number of rotatable bonds is 1. The molecule has 0 bridgehead atoms. The van der Waals surface area contributed by atoms with Crippen LogP contribution in [0.1, 0.15) is 26.3 Å². The molecule has 0 heterocycles. The summed E-state index contributed by atoms with van der Waals surface area (Å²) in [7, 11) is 0. The molecule has 0 unspecified atom stereocenters. The number of benzene rings is 4. The van der Waals surface area contributed by atoms with Crippen LogP contribution in [0.25, 0.3) is 32.7 Å². The SMILES string of the molecule is CC(C)(C)c1ccccc1-c1cccc2cc3ccccc3cc12.NN.O. The molecule has 140 valence electrons. The second-order valence-corrected chi connectivity index (χ2v) is 7.52. The number of nitrogens with two attached hydrogens (primary N) is 2. The van der Waals surface area contributed by atoms with E-state index in [9.17, 15) is 0 Å². The summed E-state index contributed by atoms with van der Waals surface area (Å²) in [5, 5.41) is 5.22. The lowest BCUT2D eigenvalue weighted by atomic mass is 9.81. The molecule has 0 spiro atoms. The van der Waals surface area contributed by atoms with E-state index in [1.807, 2.05) is 0 Å². The van der Waals surface area contributed by atoms with Gasteiger partial charge in [0.1, 0.15) is 0 Å². The molecule has 3 heteroatoms. The van der Waals surface area contributed by atoms with Crippen LogP contribution in [0.3, 0.4) is 0 Å². The molecule has 3 nitrogen and oxygen atoms in total. The van der Waals surface area contributed by atoms with Crippen molar-refractivity contribution in [3.05, 3.63) is 84.4 Å². The van der Waals surface area contributed by atoms with E-state index in [0.29, 0.717) is 0 Å². The van der Waals surface area contributed by atoms with Crippen molar-refractivity contribution in [1.82, 2.24) is 0 Å². The van der Waals surface area contributed by atoms with Crippen LogP contribution in [-0.2, 0) is 5.41 Å². The normalized spacial score (nSPS) is 10.9. The van der Waals surface area contributed by atoms with Gasteiger partial charge in [-0.1, -0.05) is 87.5 Å². The first-order valence-electron chi connectivity index (χ1n) is 8.89. The van der Waals surface area contributed by atoms with Gasteiger partial charge in [-0.3, -0.25) is 11.7 Å². The molecule has 4 aromatic rings. The zero-order valence-electron chi connectivity index (χ0n) is 16.2. The van der Waals surface area contributed by atoms with Crippen molar-refractivity contribution in [3.8, 4) is 11.1 Å². The first-order valence-corrected chi connectivity index (χ1v) is 8.89. The highest BCUT2D eigenvalue weighted by molar-refractivity contribution is 6.05. The Hall–Kier alpha value is -2.72. The van der Waals surface area contributed by atoms with Crippen LogP contribution in [0.4, 0.5) is 0 Å². The Morgan fingerprint density at radius 2 is 1.11 bits per heavy atom. The second kappa shape index (κ2) is 8.31. The minimum atomic E-state index is 0. The average molecular weight is 361 g/mol. The van der Waals surface area contributed by atoms with E-state index in [1.165, 1.54) is 38.2 Å². The van der Waals surface area contributed by atoms with Crippen LogP contribution < -0.4 is 11.7 Å². The van der Waals surface area contributed by atoms with E-state index < -0.39 is 0 Å². The van der Waals surface area contributed by atoms with Crippen molar-refractivity contribution in [2.75, 3.05) is 0 Å². The van der Waals surface area contributed by atoms with E-state index in [4.69, 9.17) is 0 Å². The van der Waals surface area contributed by atoms with Crippen LogP contribution in [0.5, 0.6) is 0 Å². The van der Waals surface area contributed by atoms with Crippen molar-refractivity contribution in [3.63, 3.8) is 0 Å². The minimum absolute atomic E-state index is 0. The Morgan fingerprint density at radius 3 is 1.78 bits per heavy atom. The zero-order valence-corrected chi connectivity index (χ0v) is 16.2. The van der Waals surface area contributed by atoms with Crippen LogP contribution in [0.2, 0.25) is 0 Å². The van der Waals surface area contributed by atoms with Gasteiger partial charge >= 0.3 is 0 Å². The topological polar surface area (TPSA) is 83.5 Å². The van der Waals surface area contributed by atoms with Gasteiger partial charge in [0.15, 0.2) is 0 Å². The predicted molar refractivity (Wildman–Crippen MR) is 118 cm³/mol. The highest BCUT2D eigenvalue weighted by Gasteiger charge is 2.19. The highest BCUT2D eigenvalue weighted by atomic mass is 16.0. The summed E-state index contributed by atoms with van der Waals surface area (Å²) in [5.41, 5.74) is 4.18. The fourth-order valence-electron chi connectivity index (χ4n) is 3.57. The maximum Gasteiger partial charge on any atom is -0.00989 e. The molecule has 0 aliphatic heterocycles. The van der Waals surface area contributed by atoms with Crippen molar-refractivity contribution in [2.24, 2.45) is 11.7 Å². The van der Waals surface area contributed by atoms with Gasteiger partial charge in [-0.05, 0) is 55.8 Å². The summed E-state index contributed by atoms with van der Waals surface area (Å²) in [6, 6.07) is 28.7. The van der Waals surface area contributed by atoms with Crippen molar-refractivity contribution in [2.45, 2.75) is 26.2 Å². The first kappa shape index (κ1) is 20.6. The largest absolute Gasteiger partial charge is 0.412 e. The van der Waals surface area contributed by atoms with Gasteiger partial charge in [-0.15, -0.1) is 0 Å². The Bertz CT molecular complexity index is 1050. The Balaban J connectivity index is 0.000000844. The third-order valence-electron chi connectivity index (χ3n) is 4.77. The second-order valence-electron chi connectivity index (χ2n) is 7.52. The highest BCUT2D eigenvalue weighted by Crippen LogP contribution is 2.37. The smallest absolute Gasteiger partial charge is 0.00989 e. The van der Waals surface area contributed by atoms with Crippen LogP contribution in [0, 0.1) is 0 Å². The molecule has 0 aromatic heterocycles. The fourth-order valence-corrected chi connectivity index (χ4v) is 3.57. The van der Waals surface area contributed by atoms with Gasteiger partial charge in [0, 0.05) is 0 Å². The summed E-state index contributed by atoms with van der Waals surface area (Å²) in [6.07, 6.45) is 0. The van der Waals surface area contributed by atoms with Crippen LogP contribution >= 0.6 is 0 Å². The minimum Gasteiger partial charge on any atom is -0.412 e. The third kappa shape index (κ3) is 4.01. The van der Waals surface area contributed by atoms with Gasteiger partial charge in [0.25, 0.3) is 0 Å². The molecule has 0 fully saturated rings. The van der Waals surface area contributed by atoms with Gasteiger partial charge in [-0.2, -0.15) is 0 Å². The van der Waals surface area contributed by atoms with E-state index >= 15 is 0 Å². The Morgan fingerprint density at radius 1 is 0.593 bits per heavy atom. The summed E-state index contributed by atoms with van der Waals surface area (Å²) in [4.78, 5) is 0. The lowest BCUT2D eigenvalue weighted by molar-refractivity contribution is 0.592. The molecule has 0 amide bonds. The molecule has 4 rings (SSSR count). The fraction of sp³-hybridized carbons (Fsp3) is 0.167. The molecular weight excluding hydrogens is 332 g/mol. The van der Waals surface area contributed by atoms with Crippen LogP contribution in [0.15, 0.2) is 78.9 Å². The lowest BCUT2D eigenvalue weighted by Gasteiger charge is -2.23. The van der Waals surface area contributed by atoms with E-state index in [1.54, 1.807) is 0 Å². The number of hydrogen-bond acceptors (Lipinski definition) is 2. The van der Waals surface area contributed by atoms with E-state index in [-0.39, 0.29) is 10.9 Å². The molecule has 0 atom stereocenters. The summed E-state index contributed by atoms with van der Waals surface area (Å²) in [5.74, 6) is 8.00. The van der Waals surface area contributed by atoms with Crippen LogP contribution in [-0.4, -0.2) is 5.48 Å². The van der Waals surface area contributed by atoms with E-state index in [2.05, 4.69) is 111 Å². The predicted octanol–water partition coefficient (Wildman–Crippen LogP) is 4.95. The summed E-state index contributed by atoms with van der Waals surface area (Å²) in [6.45, 7) is 6.85. The summed E-state index contributed by atoms with van der Waals surface area (Å²) >= 11 is 0. The molecule has 0 saturated heterocycles. The first-order chi connectivity index (χ1) is 12.5. The number of hydrazine groups is 1. The van der Waals surface area contributed by atoms with E-state index in [0.717, 1.165) is 0 Å². The maximum absolute atomic E-state index is 4.00. The van der Waals surface area contributed by atoms with Gasteiger partial charge in [0.05, 0.1) is 0 Å². The molecule has 4 aromatic carbocycles. The monoisotopic (exact) mass is 360 g/mol. The van der Waals surface area contributed by atoms with Crippen molar-refractivity contribution < 1.29 is 5.48 Å². The molecule has 0 saturated carbocycles. The number of hydrogen-bond donors (Lipinski definition) is 2. The Kier molecular flexibility index (Phi) is 6.34. The number of fused-ring (bicyclic) bond motifs is 2. The van der Waals surface area contributed by atoms with Gasteiger partial charge in [-0.25, -0.2) is 0 Å². The third-order valence-corrected chi connectivity index (χ3v) is 4.77. The molecule has 27 heavy (non-hydrogen) atoms. The molecule has 0 aliphatic rings. The molecule has 0 aliphatic carbocycles. The molecular formula is C24H28N2O. The zero-order chi connectivity index (χ0) is 18.7. The lowest BCUT2D eigenvalue weighted by Crippen LogP contribution is -2.12. The average Bonchev–Trinajstić information content (AvgIpc) is 2.67. The van der Waals surface area contributed by atoms with Crippen molar-refractivity contribution in [1.29, 1.82) is 0 Å². The molecule has 0 radical (unpaired) electrons. The Labute approximate surface area is 160 Å². The van der Waals surface area contributed by atoms with Gasteiger partial charge < -0.3 is 5.48 Å². The van der Waals surface area contributed by atoms with Crippen molar-refractivity contribution >= 4 is 21.5 Å². The maximum atomic E-state index is 4.00. The van der Waals surface area contributed by atoms with Gasteiger partial charge in [0.2, 0.25) is 0 Å². The molecule has 6 N–H and O–H groups in total. The summed E-state index contributed by atoms with van der Waals surface area (Å²) < 4.78 is 0. The quantitative estimate of drug-likeness (QED) is 0.286.